The molecule has 3 heterocycles. The van der Waals surface area contributed by atoms with Gasteiger partial charge in [0.1, 0.15) is 18.3 Å². The molecule has 1 N–H and O–H groups in total. The lowest BCUT2D eigenvalue weighted by molar-refractivity contribution is 0.0475. The van der Waals surface area contributed by atoms with Crippen molar-refractivity contribution >= 4 is 29.3 Å². The fraction of sp³-hybridized carbons (Fsp3) is 0.214. The van der Waals surface area contributed by atoms with E-state index in [0.29, 0.717) is 18.8 Å². The van der Waals surface area contributed by atoms with Crippen LogP contribution in [0.25, 0.3) is 10.9 Å². The highest BCUT2D eigenvalue weighted by molar-refractivity contribution is 5.99. The van der Waals surface area contributed by atoms with Crippen molar-refractivity contribution in [1.29, 1.82) is 0 Å². The Kier molecular flexibility index (Phi) is 3.39. The molecule has 0 fully saturated rings. The van der Waals surface area contributed by atoms with Crippen LogP contribution in [0.4, 0.5) is 0 Å². The fourth-order valence-electron chi connectivity index (χ4n) is 2.65. The number of halogens is 1. The summed E-state index contributed by atoms with van der Waals surface area (Å²) in [5.41, 5.74) is 3.74. The van der Waals surface area contributed by atoms with Gasteiger partial charge in [0.05, 0.1) is 13.2 Å². The van der Waals surface area contributed by atoms with Gasteiger partial charge in [-0.05, 0) is 23.3 Å². The van der Waals surface area contributed by atoms with Crippen molar-refractivity contribution in [2.24, 2.45) is 0 Å². The average molecular weight is 305 g/mol. The first kappa shape index (κ1) is 13.6. The van der Waals surface area contributed by atoms with Crippen LogP contribution >= 0.6 is 12.4 Å². The minimum Gasteiger partial charge on any atom is -0.461 e. The predicted molar refractivity (Wildman–Crippen MR) is 78.7 cm³/mol. The molecular weight excluding hydrogens is 292 g/mol. The molecule has 1 aromatic carbocycles. The van der Waals surface area contributed by atoms with Crippen LogP contribution in [-0.2, 0) is 17.7 Å². The summed E-state index contributed by atoms with van der Waals surface area (Å²) >= 11 is 0. The number of nitrogens with one attached hydrogen (secondary N) is 1. The van der Waals surface area contributed by atoms with E-state index in [0.717, 1.165) is 28.5 Å². The summed E-state index contributed by atoms with van der Waals surface area (Å²) in [5.74, 6) is -0.264. The van der Waals surface area contributed by atoms with Crippen LogP contribution in [0.5, 0.6) is 0 Å². The smallest absolute Gasteiger partial charge is 0.355 e. The largest absolute Gasteiger partial charge is 0.461 e. The number of ether oxygens (including phenoxy) is 1. The number of aromatic nitrogens is 4. The molecule has 6 nitrogen and oxygen atoms in total. The molecule has 1 aliphatic heterocycles. The van der Waals surface area contributed by atoms with Crippen molar-refractivity contribution in [3.05, 3.63) is 47.7 Å². The molecule has 0 aliphatic carbocycles. The molecule has 0 saturated carbocycles. The molecule has 0 unspecified atom stereocenters. The molecule has 3 aromatic rings. The molecule has 0 bridgehead atoms. The Balaban J connectivity index is 0.00000132. The number of rotatable bonds is 2. The first-order chi connectivity index (χ1) is 9.81. The Bertz CT molecular complexity index is 795. The van der Waals surface area contributed by atoms with E-state index >= 15 is 0 Å². The van der Waals surface area contributed by atoms with Crippen molar-refractivity contribution in [2.75, 3.05) is 6.61 Å². The third-order valence-corrected chi connectivity index (χ3v) is 3.57. The fourth-order valence-corrected chi connectivity index (χ4v) is 2.65. The van der Waals surface area contributed by atoms with E-state index in [1.54, 1.807) is 11.0 Å². The van der Waals surface area contributed by atoms with Crippen LogP contribution in [-0.4, -0.2) is 32.3 Å². The summed E-state index contributed by atoms with van der Waals surface area (Å²) in [6, 6.07) is 6.12. The highest BCUT2D eigenvalue weighted by atomic mass is 35.5. The van der Waals surface area contributed by atoms with Gasteiger partial charge in [0.15, 0.2) is 0 Å². The number of cyclic esters (lactones) is 1. The number of hydrogen-bond donors (Lipinski definition) is 1. The number of esters is 1. The number of benzene rings is 1. The van der Waals surface area contributed by atoms with Gasteiger partial charge in [-0.3, -0.25) is 0 Å². The quantitative estimate of drug-likeness (QED) is 0.734. The molecule has 21 heavy (non-hydrogen) atoms. The lowest BCUT2D eigenvalue weighted by Crippen LogP contribution is -2.16. The van der Waals surface area contributed by atoms with Gasteiger partial charge in [-0.2, -0.15) is 5.10 Å². The van der Waals surface area contributed by atoms with Gasteiger partial charge in [0, 0.05) is 17.3 Å². The summed E-state index contributed by atoms with van der Waals surface area (Å²) in [7, 11) is 0. The first-order valence-corrected chi connectivity index (χ1v) is 6.44. The van der Waals surface area contributed by atoms with Gasteiger partial charge >= 0.3 is 5.97 Å². The first-order valence-electron chi connectivity index (χ1n) is 6.44. The van der Waals surface area contributed by atoms with Crippen molar-refractivity contribution in [1.82, 2.24) is 19.7 Å². The van der Waals surface area contributed by atoms with Gasteiger partial charge in [0.2, 0.25) is 0 Å². The molecular formula is C14H13ClN4O2. The molecule has 2 aromatic heterocycles. The molecule has 1 aliphatic rings. The Morgan fingerprint density at radius 1 is 1.38 bits per heavy atom. The van der Waals surface area contributed by atoms with Crippen molar-refractivity contribution < 1.29 is 9.53 Å². The minimum atomic E-state index is -0.264. The summed E-state index contributed by atoms with van der Waals surface area (Å²) < 4.78 is 6.83. The maximum atomic E-state index is 11.7. The topological polar surface area (TPSA) is 72.8 Å². The highest BCUT2D eigenvalue weighted by Gasteiger charge is 2.23. The molecule has 7 heteroatoms. The van der Waals surface area contributed by atoms with Gasteiger partial charge < -0.3 is 9.72 Å². The van der Waals surface area contributed by atoms with Gasteiger partial charge in [-0.25, -0.2) is 14.5 Å². The van der Waals surface area contributed by atoms with Gasteiger partial charge in [-0.1, -0.05) is 6.07 Å². The van der Waals surface area contributed by atoms with E-state index in [1.807, 2.05) is 12.1 Å². The Labute approximate surface area is 126 Å². The highest BCUT2D eigenvalue weighted by Crippen LogP contribution is 2.27. The Hall–Kier alpha value is -2.34. The Morgan fingerprint density at radius 2 is 2.29 bits per heavy atom. The van der Waals surface area contributed by atoms with E-state index < -0.39 is 0 Å². The molecule has 0 radical (unpaired) electrons. The Morgan fingerprint density at radius 3 is 3.10 bits per heavy atom. The second-order valence-corrected chi connectivity index (χ2v) is 4.84. The third kappa shape index (κ3) is 2.27. The minimum absolute atomic E-state index is 0. The van der Waals surface area contributed by atoms with E-state index in [4.69, 9.17) is 4.74 Å². The lowest BCUT2D eigenvalue weighted by Gasteiger charge is -2.11. The lowest BCUT2D eigenvalue weighted by atomic mass is 10.0. The van der Waals surface area contributed by atoms with Crippen LogP contribution in [0.15, 0.2) is 30.9 Å². The summed E-state index contributed by atoms with van der Waals surface area (Å²) in [6.45, 7) is 1.12. The molecule has 108 valence electrons. The summed E-state index contributed by atoms with van der Waals surface area (Å²) in [5, 5.41) is 5.19. The molecule has 0 spiro atoms. The number of fused-ring (bicyclic) bond motifs is 3. The van der Waals surface area contributed by atoms with E-state index in [2.05, 4.69) is 21.1 Å². The standard InChI is InChI=1S/C14H12N4O2.ClH/c19-14-13-10(3-4-20-14)11-5-9(1-2-12(11)17-13)6-18-8-15-7-16-18;/h1-2,5,7-8,17H,3-4,6H2;1H. The van der Waals surface area contributed by atoms with Crippen LogP contribution in [0, 0.1) is 0 Å². The van der Waals surface area contributed by atoms with E-state index in [1.165, 1.54) is 6.33 Å². The number of hydrogen-bond acceptors (Lipinski definition) is 4. The molecule has 4 rings (SSSR count). The third-order valence-electron chi connectivity index (χ3n) is 3.57. The number of carbonyl (C=O) groups is 1. The maximum absolute atomic E-state index is 11.7. The average Bonchev–Trinajstić information content (AvgIpc) is 3.07. The second-order valence-electron chi connectivity index (χ2n) is 4.84. The molecule has 0 atom stereocenters. The normalized spacial score (nSPS) is 13.6. The maximum Gasteiger partial charge on any atom is 0.355 e. The molecule has 0 saturated heterocycles. The summed E-state index contributed by atoms with van der Waals surface area (Å²) in [4.78, 5) is 18.8. The number of nitrogens with zero attached hydrogens (tertiary/aromatic N) is 3. The zero-order valence-electron chi connectivity index (χ0n) is 11.1. The zero-order valence-corrected chi connectivity index (χ0v) is 11.9. The van der Waals surface area contributed by atoms with E-state index in [9.17, 15) is 4.79 Å². The van der Waals surface area contributed by atoms with Crippen molar-refractivity contribution in [2.45, 2.75) is 13.0 Å². The number of aromatic amines is 1. The van der Waals surface area contributed by atoms with Crippen LogP contribution in [0.2, 0.25) is 0 Å². The number of H-pyrrole nitrogens is 1. The molecule has 0 amide bonds. The van der Waals surface area contributed by atoms with Crippen molar-refractivity contribution in [3.8, 4) is 0 Å². The van der Waals surface area contributed by atoms with Gasteiger partial charge in [0.25, 0.3) is 0 Å². The van der Waals surface area contributed by atoms with E-state index in [-0.39, 0.29) is 18.4 Å². The van der Waals surface area contributed by atoms with Gasteiger partial charge in [-0.15, -0.1) is 12.4 Å². The monoisotopic (exact) mass is 304 g/mol. The van der Waals surface area contributed by atoms with Crippen LogP contribution < -0.4 is 0 Å². The van der Waals surface area contributed by atoms with Crippen LogP contribution in [0.3, 0.4) is 0 Å². The SMILES string of the molecule is Cl.O=C1OCCc2c1[nH]c1ccc(Cn3cncn3)cc21. The van der Waals surface area contributed by atoms with Crippen LogP contribution in [0.1, 0.15) is 21.6 Å². The predicted octanol–water partition coefficient (Wildman–Crippen LogP) is 1.94. The zero-order chi connectivity index (χ0) is 13.5. The number of carbonyl (C=O) groups excluding carboxylic acids is 1. The van der Waals surface area contributed by atoms with Crippen molar-refractivity contribution in [3.63, 3.8) is 0 Å². The summed E-state index contributed by atoms with van der Waals surface area (Å²) in [6.07, 6.45) is 3.97. The second kappa shape index (κ2) is 5.21.